The highest BCUT2D eigenvalue weighted by atomic mass is 16.5. The maximum Gasteiger partial charge on any atom is 0.311 e. The number of esters is 2. The Labute approximate surface area is 200 Å². The Balaban J connectivity index is 2.11. The van der Waals surface area contributed by atoms with E-state index in [1.165, 1.54) is 24.3 Å². The fourth-order valence-corrected chi connectivity index (χ4v) is 3.39. The lowest BCUT2D eigenvalue weighted by Crippen LogP contribution is -2.12. The minimum Gasteiger partial charge on any atom is -0.422 e. The van der Waals surface area contributed by atoms with Crippen molar-refractivity contribution in [2.24, 2.45) is 0 Å². The second-order valence-electron chi connectivity index (χ2n) is 8.27. The smallest absolute Gasteiger partial charge is 0.311 e. The zero-order valence-electron chi connectivity index (χ0n) is 20.1. The van der Waals surface area contributed by atoms with E-state index in [2.05, 4.69) is 13.8 Å². The molecule has 0 aliphatic rings. The van der Waals surface area contributed by atoms with Crippen molar-refractivity contribution >= 4 is 11.9 Å². The van der Waals surface area contributed by atoms with Gasteiger partial charge in [-0.15, -0.1) is 0 Å². The van der Waals surface area contributed by atoms with Crippen LogP contribution in [0.15, 0.2) is 58.1 Å². The van der Waals surface area contributed by atoms with Crippen LogP contribution in [-0.4, -0.2) is 11.9 Å². The normalized spacial score (nSPS) is 10.5. The highest BCUT2D eigenvalue weighted by Crippen LogP contribution is 2.19. The lowest BCUT2D eigenvalue weighted by atomic mass is 10.1. The number of hydrogen-bond donors (Lipinski definition) is 0. The van der Waals surface area contributed by atoms with Crippen LogP contribution >= 0.6 is 0 Å². The molecule has 0 fully saturated rings. The maximum absolute atomic E-state index is 12.3. The first-order valence-corrected chi connectivity index (χ1v) is 12.1. The summed E-state index contributed by atoms with van der Waals surface area (Å²) >= 11 is 0. The van der Waals surface area contributed by atoms with Crippen molar-refractivity contribution in [3.8, 4) is 22.6 Å². The van der Waals surface area contributed by atoms with Crippen LogP contribution in [0.5, 0.6) is 11.5 Å². The average Bonchev–Trinajstić information content (AvgIpc) is 3.11. The quantitative estimate of drug-likeness (QED) is 0.273. The van der Waals surface area contributed by atoms with Gasteiger partial charge < -0.3 is 9.47 Å². The number of unbranched alkanes of at least 4 members (excludes halogenated alkanes) is 6. The number of hydrogen-bond acceptors (Lipinski definition) is 6. The fraction of sp³-hybridized carbons (Fsp3) is 0.429. The van der Waals surface area contributed by atoms with Crippen molar-refractivity contribution in [2.45, 2.75) is 78.1 Å². The maximum atomic E-state index is 12.3. The molecule has 0 bridgehead atoms. The molecule has 2 aromatic carbocycles. The van der Waals surface area contributed by atoms with Crippen LogP contribution in [0.1, 0.15) is 78.1 Å². The SMILES string of the molecule is CCCCCCC(=O)Oc1ccc(-c2ccc(OC(=O)CCCCCC)c(=O)cc2)ccc1=O. The molecule has 0 aliphatic carbocycles. The number of rotatable bonds is 13. The van der Waals surface area contributed by atoms with E-state index >= 15 is 0 Å². The molecule has 2 aromatic rings. The lowest BCUT2D eigenvalue weighted by molar-refractivity contribution is -0.135. The Hall–Kier alpha value is -3.28. The molecule has 34 heavy (non-hydrogen) atoms. The van der Waals surface area contributed by atoms with Crippen LogP contribution in [0.25, 0.3) is 11.1 Å². The first-order chi connectivity index (χ1) is 16.4. The Morgan fingerprint density at radius 2 is 0.941 bits per heavy atom. The van der Waals surface area contributed by atoms with Crippen LogP contribution in [0.3, 0.4) is 0 Å². The van der Waals surface area contributed by atoms with E-state index in [0.717, 1.165) is 51.4 Å². The molecule has 0 spiro atoms. The summed E-state index contributed by atoms with van der Waals surface area (Å²) in [5.41, 5.74) is 0.482. The molecule has 0 atom stereocenters. The molecule has 0 aromatic heterocycles. The monoisotopic (exact) mass is 466 g/mol. The van der Waals surface area contributed by atoms with E-state index in [9.17, 15) is 19.2 Å². The van der Waals surface area contributed by atoms with Gasteiger partial charge in [-0.3, -0.25) is 19.2 Å². The second-order valence-corrected chi connectivity index (χ2v) is 8.27. The van der Waals surface area contributed by atoms with Crippen LogP contribution in [0.2, 0.25) is 0 Å². The Morgan fingerprint density at radius 3 is 1.32 bits per heavy atom. The Bertz CT molecular complexity index is 990. The van der Waals surface area contributed by atoms with Gasteiger partial charge >= 0.3 is 11.9 Å². The van der Waals surface area contributed by atoms with Gasteiger partial charge in [0.1, 0.15) is 0 Å². The molecule has 182 valence electrons. The van der Waals surface area contributed by atoms with E-state index in [1.54, 1.807) is 24.3 Å². The molecule has 0 saturated heterocycles. The molecule has 0 saturated carbocycles. The number of ether oxygens (including phenoxy) is 2. The van der Waals surface area contributed by atoms with Gasteiger partial charge in [0, 0.05) is 12.8 Å². The van der Waals surface area contributed by atoms with Crippen LogP contribution < -0.4 is 20.3 Å². The van der Waals surface area contributed by atoms with E-state index in [4.69, 9.17) is 9.47 Å². The first-order valence-electron chi connectivity index (χ1n) is 12.1. The van der Waals surface area contributed by atoms with Gasteiger partial charge in [-0.25, -0.2) is 0 Å². The van der Waals surface area contributed by atoms with E-state index in [0.29, 0.717) is 11.1 Å². The summed E-state index contributed by atoms with van der Waals surface area (Å²) in [7, 11) is 0. The first kappa shape index (κ1) is 27.0. The molecule has 2 rings (SSSR count). The second kappa shape index (κ2) is 14.8. The molecule has 0 aliphatic heterocycles. The summed E-state index contributed by atoms with van der Waals surface area (Å²) in [4.78, 5) is 48.8. The zero-order valence-corrected chi connectivity index (χ0v) is 20.1. The van der Waals surface area contributed by atoms with E-state index in [-0.39, 0.29) is 24.3 Å². The predicted molar refractivity (Wildman–Crippen MR) is 133 cm³/mol. The summed E-state index contributed by atoms with van der Waals surface area (Å²) in [5.74, 6) is -0.920. The van der Waals surface area contributed by atoms with Gasteiger partial charge in [0.25, 0.3) is 0 Å². The highest BCUT2D eigenvalue weighted by molar-refractivity contribution is 5.73. The average molecular weight is 467 g/mol. The molecular weight excluding hydrogens is 432 g/mol. The topological polar surface area (TPSA) is 86.7 Å². The predicted octanol–water partition coefficient (Wildman–Crippen LogP) is 5.83. The van der Waals surface area contributed by atoms with Crippen LogP contribution in [0.4, 0.5) is 0 Å². The molecule has 6 nitrogen and oxygen atoms in total. The van der Waals surface area contributed by atoms with Gasteiger partial charge in [-0.2, -0.15) is 0 Å². The molecule has 0 N–H and O–H groups in total. The highest BCUT2D eigenvalue weighted by Gasteiger charge is 2.09. The van der Waals surface area contributed by atoms with Gasteiger partial charge in [-0.05, 0) is 48.2 Å². The molecule has 0 radical (unpaired) electrons. The van der Waals surface area contributed by atoms with Crippen molar-refractivity contribution in [1.29, 1.82) is 0 Å². The van der Waals surface area contributed by atoms with Gasteiger partial charge in [-0.1, -0.05) is 76.6 Å². The summed E-state index contributed by atoms with van der Waals surface area (Å²) < 4.78 is 10.5. The Kier molecular flexibility index (Phi) is 11.7. The van der Waals surface area contributed by atoms with Crippen LogP contribution in [0, 0.1) is 0 Å². The third kappa shape index (κ3) is 9.30. The summed E-state index contributed by atoms with van der Waals surface area (Å²) in [6.07, 6.45) is 8.17. The Morgan fingerprint density at radius 1 is 0.559 bits per heavy atom. The van der Waals surface area contributed by atoms with Crippen molar-refractivity contribution in [3.05, 3.63) is 69.0 Å². The molecule has 6 heteroatoms. The molecular formula is C28H34O6. The van der Waals surface area contributed by atoms with E-state index in [1.807, 2.05) is 0 Å². The third-order valence-electron chi connectivity index (χ3n) is 5.39. The minimum atomic E-state index is -0.427. The largest absolute Gasteiger partial charge is 0.422 e. The van der Waals surface area contributed by atoms with Gasteiger partial charge in [0.15, 0.2) is 11.5 Å². The summed E-state index contributed by atoms with van der Waals surface area (Å²) in [6, 6.07) is 12.1. The summed E-state index contributed by atoms with van der Waals surface area (Å²) in [5, 5.41) is 0. The number of carbonyl (C=O) groups is 2. The van der Waals surface area contributed by atoms with Gasteiger partial charge in [0.2, 0.25) is 10.9 Å². The third-order valence-corrected chi connectivity index (χ3v) is 5.39. The lowest BCUT2D eigenvalue weighted by Gasteiger charge is -2.02. The van der Waals surface area contributed by atoms with Crippen molar-refractivity contribution in [2.75, 3.05) is 0 Å². The fourth-order valence-electron chi connectivity index (χ4n) is 3.39. The number of carbonyl (C=O) groups excluding carboxylic acids is 2. The van der Waals surface area contributed by atoms with Crippen LogP contribution in [-0.2, 0) is 9.59 Å². The standard InChI is InChI=1S/C28H34O6/c1-3-5-7-9-11-27(31)33-25-19-15-21(13-17-23(25)29)22-14-18-24(30)26(20-16-22)34-28(32)12-10-8-6-4-2/h13-20H,3-12H2,1-2H3. The minimum absolute atomic E-state index is 0.0331. The van der Waals surface area contributed by atoms with Gasteiger partial charge in [0.05, 0.1) is 0 Å². The van der Waals surface area contributed by atoms with Crippen molar-refractivity contribution in [1.82, 2.24) is 0 Å². The zero-order chi connectivity index (χ0) is 24.8. The molecule has 0 amide bonds. The molecule has 0 heterocycles. The van der Waals surface area contributed by atoms with Crippen molar-refractivity contribution in [3.63, 3.8) is 0 Å². The van der Waals surface area contributed by atoms with E-state index < -0.39 is 22.8 Å². The summed E-state index contributed by atoms with van der Waals surface area (Å²) in [6.45, 7) is 4.19. The van der Waals surface area contributed by atoms with Crippen molar-refractivity contribution < 1.29 is 19.1 Å². The molecule has 0 unspecified atom stereocenters.